The van der Waals surface area contributed by atoms with Crippen LogP contribution < -0.4 is 5.32 Å². The van der Waals surface area contributed by atoms with Crippen molar-refractivity contribution in [3.8, 4) is 0 Å². The maximum atomic E-state index is 13.6. The number of nitrogens with one attached hydrogen (secondary N) is 1. The minimum atomic E-state index is -0.440. The van der Waals surface area contributed by atoms with Crippen LogP contribution in [0.15, 0.2) is 72.8 Å². The largest absolute Gasteiger partial charge is 0.350 e. The van der Waals surface area contributed by atoms with Crippen LogP contribution in [0, 0.1) is 11.6 Å². The number of benzene rings is 3. The fourth-order valence-electron chi connectivity index (χ4n) is 3.23. The summed E-state index contributed by atoms with van der Waals surface area (Å²) >= 11 is 0. The van der Waals surface area contributed by atoms with Crippen molar-refractivity contribution in [2.45, 2.75) is 6.04 Å². The molecule has 3 aromatic rings. The quantitative estimate of drug-likeness (QED) is 0.596. The Morgan fingerprint density at radius 3 is 2.17 bits per heavy atom. The van der Waals surface area contributed by atoms with E-state index in [1.165, 1.54) is 36.4 Å². The third-order valence-corrected chi connectivity index (χ3v) is 4.84. The molecule has 0 aliphatic carbocycles. The molecule has 0 aliphatic rings. The topological polar surface area (TPSA) is 49.4 Å². The number of likely N-dealkylation sites (N-methyl/N-ethyl adjacent to an activating group) is 1. The van der Waals surface area contributed by atoms with Gasteiger partial charge in [-0.25, -0.2) is 8.78 Å². The minimum absolute atomic E-state index is 0.226. The van der Waals surface area contributed by atoms with Crippen LogP contribution in [0.2, 0.25) is 0 Å². The van der Waals surface area contributed by atoms with Gasteiger partial charge in [-0.15, -0.1) is 0 Å². The van der Waals surface area contributed by atoms with Gasteiger partial charge in [0.2, 0.25) is 0 Å². The normalized spacial score (nSPS) is 11.9. The molecule has 0 unspecified atom stereocenters. The van der Waals surface area contributed by atoms with Crippen molar-refractivity contribution in [1.82, 2.24) is 10.2 Å². The van der Waals surface area contributed by atoms with Crippen LogP contribution in [0.4, 0.5) is 8.78 Å². The third-order valence-electron chi connectivity index (χ3n) is 4.84. The Kier molecular flexibility index (Phi) is 6.69. The number of carbonyl (C=O) groups is 2. The van der Waals surface area contributed by atoms with Gasteiger partial charge < -0.3 is 10.2 Å². The van der Waals surface area contributed by atoms with Gasteiger partial charge >= 0.3 is 0 Å². The van der Waals surface area contributed by atoms with Crippen LogP contribution in [-0.4, -0.2) is 37.2 Å². The predicted molar refractivity (Wildman–Crippen MR) is 111 cm³/mol. The molecule has 0 fully saturated rings. The maximum absolute atomic E-state index is 13.6. The number of amides is 1. The van der Waals surface area contributed by atoms with E-state index in [0.29, 0.717) is 5.56 Å². The zero-order chi connectivity index (χ0) is 21.7. The molecule has 1 atom stereocenters. The standard InChI is InChI=1S/C24H22F2N2O2/c1-28(2)22(17-6-5-7-19(26)14-17)15-27-24(30)21-9-4-3-8-20(21)23(29)16-10-12-18(25)13-11-16/h3-14,22H,15H2,1-2H3,(H,27,30)/t22-/m1/s1. The average Bonchev–Trinajstić information content (AvgIpc) is 2.73. The molecule has 0 saturated heterocycles. The Bertz CT molecular complexity index is 1050. The van der Waals surface area contributed by atoms with Crippen LogP contribution in [-0.2, 0) is 0 Å². The maximum Gasteiger partial charge on any atom is 0.252 e. The van der Waals surface area contributed by atoms with Crippen LogP contribution >= 0.6 is 0 Å². The van der Waals surface area contributed by atoms with Crippen LogP contribution in [0.1, 0.15) is 37.9 Å². The third kappa shape index (κ3) is 4.96. The molecule has 0 spiro atoms. The van der Waals surface area contributed by atoms with Crippen LogP contribution in [0.5, 0.6) is 0 Å². The smallest absolute Gasteiger partial charge is 0.252 e. The van der Waals surface area contributed by atoms with E-state index in [1.807, 2.05) is 19.0 Å². The Morgan fingerprint density at radius 2 is 1.53 bits per heavy atom. The molecule has 0 aliphatic heterocycles. The summed E-state index contributed by atoms with van der Waals surface area (Å²) in [6.45, 7) is 0.231. The summed E-state index contributed by atoms with van der Waals surface area (Å²) in [4.78, 5) is 27.6. The van der Waals surface area contributed by atoms with Crippen molar-refractivity contribution in [1.29, 1.82) is 0 Å². The number of hydrogen-bond donors (Lipinski definition) is 1. The molecule has 1 N–H and O–H groups in total. The Labute approximate surface area is 174 Å². The van der Waals surface area contributed by atoms with Crippen molar-refractivity contribution in [3.05, 3.63) is 107 Å². The van der Waals surface area contributed by atoms with Gasteiger partial charge in [0.1, 0.15) is 11.6 Å². The van der Waals surface area contributed by atoms with Gasteiger partial charge in [-0.05, 0) is 62.1 Å². The second-order valence-electron chi connectivity index (χ2n) is 7.13. The predicted octanol–water partition coefficient (Wildman–Crippen LogP) is 4.23. The van der Waals surface area contributed by atoms with Crippen molar-refractivity contribution in [2.75, 3.05) is 20.6 Å². The van der Waals surface area contributed by atoms with Gasteiger partial charge in [0.15, 0.2) is 5.78 Å². The lowest BCUT2D eigenvalue weighted by atomic mass is 9.97. The van der Waals surface area contributed by atoms with Gasteiger partial charge in [-0.1, -0.05) is 30.3 Å². The first-order valence-corrected chi connectivity index (χ1v) is 9.46. The molecule has 30 heavy (non-hydrogen) atoms. The summed E-state index contributed by atoms with van der Waals surface area (Å²) in [5.74, 6) is -1.56. The highest BCUT2D eigenvalue weighted by Crippen LogP contribution is 2.19. The molecule has 154 valence electrons. The van der Waals surface area contributed by atoms with E-state index in [2.05, 4.69) is 5.32 Å². The van der Waals surface area contributed by atoms with E-state index in [0.717, 1.165) is 5.56 Å². The van der Waals surface area contributed by atoms with Crippen molar-refractivity contribution >= 4 is 11.7 Å². The molecule has 3 rings (SSSR count). The van der Waals surface area contributed by atoms with E-state index in [4.69, 9.17) is 0 Å². The van der Waals surface area contributed by atoms with Crippen LogP contribution in [0.25, 0.3) is 0 Å². The Hall–Kier alpha value is -3.38. The van der Waals surface area contributed by atoms with E-state index >= 15 is 0 Å². The summed E-state index contributed by atoms with van der Waals surface area (Å²) in [5, 5.41) is 2.84. The summed E-state index contributed by atoms with van der Waals surface area (Å²) in [6.07, 6.45) is 0. The summed E-state index contributed by atoms with van der Waals surface area (Å²) in [6, 6.07) is 17.6. The van der Waals surface area contributed by atoms with Gasteiger partial charge in [0, 0.05) is 17.7 Å². The molecule has 0 saturated carbocycles. The summed E-state index contributed by atoms with van der Waals surface area (Å²) in [5.41, 5.74) is 1.48. The molecule has 1 amide bonds. The van der Waals surface area contributed by atoms with Crippen molar-refractivity contribution in [3.63, 3.8) is 0 Å². The first-order valence-electron chi connectivity index (χ1n) is 9.46. The second kappa shape index (κ2) is 9.41. The molecule has 3 aromatic carbocycles. The number of ketones is 1. The molecule has 0 bridgehead atoms. The summed E-state index contributed by atoms with van der Waals surface area (Å²) < 4.78 is 26.8. The molecule has 4 nitrogen and oxygen atoms in total. The van der Waals surface area contributed by atoms with Gasteiger partial charge in [-0.3, -0.25) is 9.59 Å². The first kappa shape index (κ1) is 21.3. The zero-order valence-electron chi connectivity index (χ0n) is 16.7. The molecule has 0 heterocycles. The summed E-state index contributed by atoms with van der Waals surface area (Å²) in [7, 11) is 3.68. The molecular formula is C24H22F2N2O2. The molecule has 0 radical (unpaired) electrons. The van der Waals surface area contributed by atoms with Gasteiger partial charge in [0.05, 0.1) is 11.6 Å². The fraction of sp³-hybridized carbons (Fsp3) is 0.167. The monoisotopic (exact) mass is 408 g/mol. The fourth-order valence-corrected chi connectivity index (χ4v) is 3.23. The number of rotatable bonds is 7. The Balaban J connectivity index is 1.80. The molecule has 6 heteroatoms. The number of nitrogens with zero attached hydrogens (tertiary/aromatic N) is 1. The molecule has 0 aromatic heterocycles. The lowest BCUT2D eigenvalue weighted by molar-refractivity contribution is 0.0931. The lowest BCUT2D eigenvalue weighted by Crippen LogP contribution is -2.35. The highest BCUT2D eigenvalue weighted by atomic mass is 19.1. The van der Waals surface area contributed by atoms with E-state index in [1.54, 1.807) is 36.4 Å². The van der Waals surface area contributed by atoms with Gasteiger partial charge in [0.25, 0.3) is 5.91 Å². The van der Waals surface area contributed by atoms with Gasteiger partial charge in [-0.2, -0.15) is 0 Å². The van der Waals surface area contributed by atoms with Crippen molar-refractivity contribution < 1.29 is 18.4 Å². The highest BCUT2D eigenvalue weighted by Gasteiger charge is 2.20. The van der Waals surface area contributed by atoms with E-state index in [-0.39, 0.29) is 35.3 Å². The Morgan fingerprint density at radius 1 is 0.867 bits per heavy atom. The minimum Gasteiger partial charge on any atom is -0.350 e. The average molecular weight is 408 g/mol. The SMILES string of the molecule is CN(C)[C@H](CNC(=O)c1ccccc1C(=O)c1ccc(F)cc1)c1cccc(F)c1. The zero-order valence-corrected chi connectivity index (χ0v) is 16.7. The number of halogens is 2. The number of hydrogen-bond acceptors (Lipinski definition) is 3. The van der Waals surface area contributed by atoms with E-state index in [9.17, 15) is 18.4 Å². The molecular weight excluding hydrogens is 386 g/mol. The number of carbonyl (C=O) groups excluding carboxylic acids is 2. The van der Waals surface area contributed by atoms with E-state index < -0.39 is 11.7 Å². The second-order valence-corrected chi connectivity index (χ2v) is 7.13. The lowest BCUT2D eigenvalue weighted by Gasteiger charge is -2.25. The van der Waals surface area contributed by atoms with Crippen LogP contribution in [0.3, 0.4) is 0 Å². The first-order chi connectivity index (χ1) is 14.4. The highest BCUT2D eigenvalue weighted by molar-refractivity contribution is 6.15. The van der Waals surface area contributed by atoms with Crippen molar-refractivity contribution in [2.24, 2.45) is 0 Å².